The zero-order valence-electron chi connectivity index (χ0n) is 19.5. The lowest BCUT2D eigenvalue weighted by Crippen LogP contribution is -2.54. The number of carbonyl (C=O) groups excluding carboxylic acids is 1. The molecule has 0 unspecified atom stereocenters. The van der Waals surface area contributed by atoms with Gasteiger partial charge in [-0.05, 0) is 63.1 Å². The molecule has 3 heterocycles. The first-order valence-corrected chi connectivity index (χ1v) is 12.7. The van der Waals surface area contributed by atoms with Crippen LogP contribution in [0.3, 0.4) is 0 Å². The molecule has 2 aliphatic rings. The number of β-amino-alcohol motifs (C(OH)–C–C–N with tert-alkyl or cyclic N) is 1. The maximum Gasteiger partial charge on any atom is 0.272 e. The van der Waals surface area contributed by atoms with Gasteiger partial charge in [0, 0.05) is 43.5 Å². The summed E-state index contributed by atoms with van der Waals surface area (Å²) in [4.78, 5) is 26.1. The smallest absolute Gasteiger partial charge is 0.272 e. The fourth-order valence-electron chi connectivity index (χ4n) is 4.97. The predicted octanol–water partition coefficient (Wildman–Crippen LogP) is 3.30. The summed E-state index contributed by atoms with van der Waals surface area (Å²) in [7, 11) is 0. The minimum atomic E-state index is -0.688. The second-order valence-electron chi connectivity index (χ2n) is 9.34. The molecular formula is C25H32Cl2N4O3. The number of nitrogens with zero attached hydrogens (tertiary/aromatic N) is 4. The molecule has 2 aromatic rings. The summed E-state index contributed by atoms with van der Waals surface area (Å²) < 4.78 is 0. The molecule has 9 heteroatoms. The molecule has 184 valence electrons. The Morgan fingerprint density at radius 2 is 1.79 bits per heavy atom. The van der Waals surface area contributed by atoms with Crippen LogP contribution in [0.2, 0.25) is 10.0 Å². The van der Waals surface area contributed by atoms with Crippen LogP contribution in [-0.2, 0) is 12.8 Å². The second-order valence-corrected chi connectivity index (χ2v) is 10.2. The summed E-state index contributed by atoms with van der Waals surface area (Å²) >= 11 is 12.1. The van der Waals surface area contributed by atoms with Crippen molar-refractivity contribution in [1.29, 1.82) is 0 Å². The van der Waals surface area contributed by atoms with Crippen LogP contribution >= 0.6 is 23.2 Å². The minimum absolute atomic E-state index is 0.0433. The molecule has 0 bridgehead atoms. The lowest BCUT2D eigenvalue weighted by Gasteiger charge is -2.42. The summed E-state index contributed by atoms with van der Waals surface area (Å²) in [5.41, 5.74) is 3.34. The van der Waals surface area contributed by atoms with Crippen LogP contribution in [0.25, 0.3) is 0 Å². The van der Waals surface area contributed by atoms with Crippen LogP contribution in [0.4, 0.5) is 0 Å². The zero-order valence-corrected chi connectivity index (χ0v) is 21.0. The number of hydrogen-bond acceptors (Lipinski definition) is 6. The first-order chi connectivity index (χ1) is 16.3. The first-order valence-electron chi connectivity index (χ1n) is 12.0. The molecule has 1 aromatic heterocycles. The standard InChI is InChI=1S/C25H32Cl2N4O3/c1-16-21(4-2-3-17-5-6-19(26)20(27)13-17)28-15-29-24(16)25(34)30-10-7-18(8-11-30)31-12-9-22(32)23(33)14-31/h5-6,13,15,18,22-23,32-33H,2-4,7-12,14H2,1H3/t22-,23+/m1/s1. The van der Waals surface area contributed by atoms with E-state index in [9.17, 15) is 15.0 Å². The number of aryl methyl sites for hydroxylation is 2. The predicted molar refractivity (Wildman–Crippen MR) is 132 cm³/mol. The number of aliphatic hydroxyl groups excluding tert-OH is 2. The highest BCUT2D eigenvalue weighted by atomic mass is 35.5. The number of hydrogen-bond donors (Lipinski definition) is 2. The van der Waals surface area contributed by atoms with Crippen LogP contribution in [0.1, 0.15) is 53.0 Å². The van der Waals surface area contributed by atoms with Gasteiger partial charge in [0.15, 0.2) is 0 Å². The first kappa shape index (κ1) is 25.3. The van der Waals surface area contributed by atoms with Crippen molar-refractivity contribution in [2.75, 3.05) is 26.2 Å². The minimum Gasteiger partial charge on any atom is -0.390 e. The number of carbonyl (C=O) groups is 1. The molecule has 2 fully saturated rings. The summed E-state index contributed by atoms with van der Waals surface area (Å²) in [5.74, 6) is -0.0433. The number of amides is 1. The number of halogens is 2. The van der Waals surface area contributed by atoms with Crippen LogP contribution in [0.5, 0.6) is 0 Å². The largest absolute Gasteiger partial charge is 0.390 e. The lowest BCUT2D eigenvalue weighted by molar-refractivity contribution is -0.0548. The van der Waals surface area contributed by atoms with Gasteiger partial charge in [0.1, 0.15) is 12.0 Å². The van der Waals surface area contributed by atoms with Crippen LogP contribution in [0.15, 0.2) is 24.5 Å². The summed E-state index contributed by atoms with van der Waals surface area (Å²) in [5, 5.41) is 20.9. The Hall–Kier alpha value is -1.77. The van der Waals surface area contributed by atoms with Gasteiger partial charge in [-0.1, -0.05) is 29.3 Å². The Morgan fingerprint density at radius 1 is 1.03 bits per heavy atom. The van der Waals surface area contributed by atoms with Gasteiger partial charge in [-0.2, -0.15) is 0 Å². The van der Waals surface area contributed by atoms with E-state index < -0.39 is 12.2 Å². The Labute approximate surface area is 210 Å². The number of aliphatic hydroxyl groups is 2. The Bertz CT molecular complexity index is 1010. The molecule has 2 saturated heterocycles. The van der Waals surface area contributed by atoms with E-state index in [0.717, 1.165) is 55.5 Å². The van der Waals surface area contributed by atoms with Crippen molar-refractivity contribution in [3.63, 3.8) is 0 Å². The van der Waals surface area contributed by atoms with E-state index in [-0.39, 0.29) is 5.91 Å². The third-order valence-corrected chi connectivity index (χ3v) is 7.84. The molecule has 0 radical (unpaired) electrons. The zero-order chi connectivity index (χ0) is 24.2. The SMILES string of the molecule is Cc1c(CCCc2ccc(Cl)c(Cl)c2)ncnc1C(=O)N1CCC(N2CC[C@@H](O)[C@@H](O)C2)CC1. The molecular weight excluding hydrogens is 475 g/mol. The molecule has 0 spiro atoms. The van der Waals surface area contributed by atoms with E-state index in [1.807, 2.05) is 30.0 Å². The Balaban J connectivity index is 1.32. The maximum atomic E-state index is 13.2. The third-order valence-electron chi connectivity index (χ3n) is 7.10. The van der Waals surface area contributed by atoms with Gasteiger partial charge in [-0.15, -0.1) is 0 Å². The van der Waals surface area contributed by atoms with E-state index in [4.69, 9.17) is 23.2 Å². The summed E-state index contributed by atoms with van der Waals surface area (Å²) in [6.07, 6.45) is 4.95. The van der Waals surface area contributed by atoms with Crippen LogP contribution < -0.4 is 0 Å². The topological polar surface area (TPSA) is 89.8 Å². The van der Waals surface area contributed by atoms with Crippen molar-refractivity contribution in [2.45, 2.75) is 63.7 Å². The molecule has 34 heavy (non-hydrogen) atoms. The molecule has 2 aliphatic heterocycles. The van der Waals surface area contributed by atoms with Gasteiger partial charge in [0.2, 0.25) is 0 Å². The molecule has 0 aliphatic carbocycles. The second kappa shape index (κ2) is 11.3. The molecule has 2 N–H and O–H groups in total. The normalized spacial score (nSPS) is 22.2. The van der Waals surface area contributed by atoms with Crippen molar-refractivity contribution >= 4 is 29.1 Å². The Morgan fingerprint density at radius 3 is 2.50 bits per heavy atom. The van der Waals surface area contributed by atoms with Gasteiger partial charge in [-0.25, -0.2) is 9.97 Å². The summed E-state index contributed by atoms with van der Waals surface area (Å²) in [6.45, 7) is 4.53. The molecule has 2 atom stereocenters. The average Bonchev–Trinajstić information content (AvgIpc) is 2.84. The third kappa shape index (κ3) is 5.89. The van der Waals surface area contributed by atoms with Gasteiger partial charge in [0.05, 0.1) is 22.3 Å². The fraction of sp³-hybridized carbons (Fsp3) is 0.560. The highest BCUT2D eigenvalue weighted by Crippen LogP contribution is 2.25. The number of piperidine rings is 2. The number of aromatic nitrogens is 2. The van der Waals surface area contributed by atoms with Gasteiger partial charge < -0.3 is 15.1 Å². The molecule has 1 amide bonds. The van der Waals surface area contributed by atoms with E-state index in [1.54, 1.807) is 0 Å². The quantitative estimate of drug-likeness (QED) is 0.624. The van der Waals surface area contributed by atoms with E-state index in [2.05, 4.69) is 14.9 Å². The number of rotatable bonds is 6. The van der Waals surface area contributed by atoms with Crippen molar-refractivity contribution < 1.29 is 15.0 Å². The molecule has 7 nitrogen and oxygen atoms in total. The molecule has 1 aromatic carbocycles. The maximum absolute atomic E-state index is 13.2. The van der Waals surface area contributed by atoms with Crippen molar-refractivity contribution in [2.24, 2.45) is 0 Å². The van der Waals surface area contributed by atoms with Gasteiger partial charge >= 0.3 is 0 Å². The van der Waals surface area contributed by atoms with E-state index in [1.165, 1.54) is 6.33 Å². The molecule has 4 rings (SSSR count). The van der Waals surface area contributed by atoms with Gasteiger partial charge in [0.25, 0.3) is 5.91 Å². The summed E-state index contributed by atoms with van der Waals surface area (Å²) in [6, 6.07) is 6.01. The monoisotopic (exact) mass is 506 g/mol. The fourth-order valence-corrected chi connectivity index (χ4v) is 5.29. The lowest BCUT2D eigenvalue weighted by atomic mass is 9.97. The number of benzene rings is 1. The van der Waals surface area contributed by atoms with Crippen molar-refractivity contribution in [1.82, 2.24) is 19.8 Å². The molecule has 0 saturated carbocycles. The number of likely N-dealkylation sites (tertiary alicyclic amines) is 2. The van der Waals surface area contributed by atoms with E-state index >= 15 is 0 Å². The van der Waals surface area contributed by atoms with Crippen molar-refractivity contribution in [3.8, 4) is 0 Å². The Kier molecular flexibility index (Phi) is 8.43. The highest BCUT2D eigenvalue weighted by Gasteiger charge is 2.33. The van der Waals surface area contributed by atoms with Crippen molar-refractivity contribution in [3.05, 3.63) is 57.1 Å². The van der Waals surface area contributed by atoms with Crippen LogP contribution in [0, 0.1) is 6.92 Å². The highest BCUT2D eigenvalue weighted by molar-refractivity contribution is 6.42. The van der Waals surface area contributed by atoms with E-state index in [0.29, 0.717) is 47.8 Å². The van der Waals surface area contributed by atoms with Gasteiger partial charge in [-0.3, -0.25) is 9.69 Å². The van der Waals surface area contributed by atoms with Crippen LogP contribution in [-0.4, -0.2) is 80.3 Å². The average molecular weight is 507 g/mol.